The van der Waals surface area contributed by atoms with Crippen LogP contribution in [0.1, 0.15) is 44.2 Å². The van der Waals surface area contributed by atoms with Gasteiger partial charge in [-0.3, -0.25) is 4.79 Å². The van der Waals surface area contributed by atoms with E-state index in [4.69, 9.17) is 9.47 Å². The summed E-state index contributed by atoms with van der Waals surface area (Å²) in [6.07, 6.45) is 3.89. The molecule has 7 heteroatoms. The van der Waals surface area contributed by atoms with E-state index in [9.17, 15) is 9.59 Å². The fourth-order valence-corrected chi connectivity index (χ4v) is 3.36. The number of hydrogen-bond acceptors (Lipinski definition) is 5. The fourth-order valence-electron chi connectivity index (χ4n) is 3.36. The number of carbonyl (C=O) groups excluding carboxylic acids is 2. The summed E-state index contributed by atoms with van der Waals surface area (Å²) in [6.45, 7) is 4.57. The van der Waals surface area contributed by atoms with Crippen LogP contribution in [0.25, 0.3) is 0 Å². The Morgan fingerprint density at radius 1 is 1.10 bits per heavy atom. The summed E-state index contributed by atoms with van der Waals surface area (Å²) in [4.78, 5) is 25.6. The van der Waals surface area contributed by atoms with Gasteiger partial charge in [0.25, 0.3) is 5.91 Å². The van der Waals surface area contributed by atoms with Crippen LogP contribution in [0.5, 0.6) is 11.5 Å². The lowest BCUT2D eigenvalue weighted by Gasteiger charge is -2.24. The van der Waals surface area contributed by atoms with E-state index >= 15 is 0 Å². The zero-order chi connectivity index (χ0) is 21.6. The van der Waals surface area contributed by atoms with E-state index in [1.165, 1.54) is 6.21 Å². The van der Waals surface area contributed by atoms with Crippen LogP contribution >= 0.6 is 0 Å². The van der Waals surface area contributed by atoms with Crippen molar-refractivity contribution >= 4 is 18.2 Å². The molecule has 0 spiro atoms. The maximum absolute atomic E-state index is 13.1. The minimum absolute atomic E-state index is 0.399. The van der Waals surface area contributed by atoms with Gasteiger partial charge in [-0.25, -0.2) is 4.79 Å². The van der Waals surface area contributed by atoms with Gasteiger partial charge in [-0.05, 0) is 42.2 Å². The van der Waals surface area contributed by atoms with Crippen molar-refractivity contribution in [3.8, 4) is 11.5 Å². The van der Waals surface area contributed by atoms with Gasteiger partial charge in [0.15, 0.2) is 11.5 Å². The van der Waals surface area contributed by atoms with Gasteiger partial charge in [-0.15, -0.1) is 5.01 Å². The summed E-state index contributed by atoms with van der Waals surface area (Å²) in [7, 11) is 1.57. The number of nitrogens with one attached hydrogen (secondary N) is 1. The van der Waals surface area contributed by atoms with E-state index in [1.54, 1.807) is 25.3 Å². The Morgan fingerprint density at radius 3 is 2.53 bits per heavy atom. The summed E-state index contributed by atoms with van der Waals surface area (Å²) in [5, 5.41) is 7.85. The molecule has 0 saturated carbocycles. The topological polar surface area (TPSA) is 80.2 Å². The molecule has 2 aromatic rings. The number of methoxy groups -OCH3 is 1. The Kier molecular flexibility index (Phi) is 6.72. The summed E-state index contributed by atoms with van der Waals surface area (Å²) in [5.41, 5.74) is 0.312. The number of hydrazone groups is 1. The molecule has 1 N–H and O–H groups in total. The number of ether oxygens (including phenoxy) is 2. The van der Waals surface area contributed by atoms with Crippen LogP contribution in [0.3, 0.4) is 0 Å². The summed E-state index contributed by atoms with van der Waals surface area (Å²) in [5.74, 6) is 0.815. The van der Waals surface area contributed by atoms with E-state index in [1.807, 2.05) is 37.3 Å². The molecule has 0 radical (unpaired) electrons. The largest absolute Gasteiger partial charge is 0.493 e. The molecule has 0 aliphatic carbocycles. The molecular weight excluding hydrogens is 382 g/mol. The Balaban J connectivity index is 1.80. The third-order valence-electron chi connectivity index (χ3n) is 5.13. The van der Waals surface area contributed by atoms with Crippen LogP contribution in [-0.2, 0) is 10.3 Å². The maximum atomic E-state index is 13.1. The smallest absolute Gasteiger partial charge is 0.346 e. The predicted molar refractivity (Wildman–Crippen MR) is 115 cm³/mol. The van der Waals surface area contributed by atoms with E-state index in [0.717, 1.165) is 23.4 Å². The van der Waals surface area contributed by atoms with Gasteiger partial charge >= 0.3 is 6.03 Å². The summed E-state index contributed by atoms with van der Waals surface area (Å²) < 4.78 is 11.1. The second-order valence-electron chi connectivity index (χ2n) is 7.03. The van der Waals surface area contributed by atoms with Crippen LogP contribution < -0.4 is 14.8 Å². The van der Waals surface area contributed by atoms with Crippen molar-refractivity contribution in [2.45, 2.75) is 38.6 Å². The number of hydrogen-bond donors (Lipinski definition) is 1. The number of amides is 3. The van der Waals surface area contributed by atoms with E-state index < -0.39 is 17.5 Å². The predicted octanol–water partition coefficient (Wildman–Crippen LogP) is 4.07. The summed E-state index contributed by atoms with van der Waals surface area (Å²) >= 11 is 0. The van der Waals surface area contributed by atoms with Gasteiger partial charge in [0.05, 0.1) is 19.9 Å². The lowest BCUT2D eigenvalue weighted by atomic mass is 9.87. The first kappa shape index (κ1) is 21.4. The number of carbonyl (C=O) groups is 2. The van der Waals surface area contributed by atoms with Gasteiger partial charge in [-0.1, -0.05) is 50.6 Å². The zero-order valence-electron chi connectivity index (χ0n) is 17.6. The molecule has 30 heavy (non-hydrogen) atoms. The molecular formula is C23H27N3O4. The Morgan fingerprint density at radius 2 is 1.87 bits per heavy atom. The van der Waals surface area contributed by atoms with E-state index in [-0.39, 0.29) is 0 Å². The van der Waals surface area contributed by atoms with E-state index in [0.29, 0.717) is 30.1 Å². The quantitative estimate of drug-likeness (QED) is 0.385. The average molecular weight is 409 g/mol. The van der Waals surface area contributed by atoms with Crippen LogP contribution in [0.4, 0.5) is 4.79 Å². The van der Waals surface area contributed by atoms with Crippen molar-refractivity contribution in [1.29, 1.82) is 0 Å². The number of imide groups is 1. The molecule has 2 aromatic carbocycles. The van der Waals surface area contributed by atoms with E-state index in [2.05, 4.69) is 17.3 Å². The van der Waals surface area contributed by atoms with Crippen molar-refractivity contribution < 1.29 is 19.1 Å². The van der Waals surface area contributed by atoms with Crippen LogP contribution in [0.15, 0.2) is 53.6 Å². The molecule has 7 nitrogen and oxygen atoms in total. The highest BCUT2D eigenvalue weighted by molar-refractivity contribution is 6.07. The molecule has 0 unspecified atom stereocenters. The van der Waals surface area contributed by atoms with Crippen molar-refractivity contribution in [3.05, 3.63) is 59.7 Å². The molecule has 1 atom stereocenters. The number of rotatable bonds is 9. The first-order valence-corrected chi connectivity index (χ1v) is 10.1. The number of unbranched alkanes of at least 4 members (excludes halogenated alkanes) is 1. The normalized spacial score (nSPS) is 18.7. The molecule has 1 aliphatic heterocycles. The molecule has 1 fully saturated rings. The highest BCUT2D eigenvalue weighted by atomic mass is 16.5. The fraction of sp³-hybridized carbons (Fsp3) is 0.348. The molecule has 1 heterocycles. The minimum atomic E-state index is -1.11. The molecule has 1 aliphatic rings. The van der Waals surface area contributed by atoms with Crippen molar-refractivity contribution in [2.24, 2.45) is 5.10 Å². The minimum Gasteiger partial charge on any atom is -0.493 e. The number of benzene rings is 2. The lowest BCUT2D eigenvalue weighted by Crippen LogP contribution is -2.43. The van der Waals surface area contributed by atoms with Crippen molar-refractivity contribution in [1.82, 2.24) is 10.3 Å². The van der Waals surface area contributed by atoms with Crippen LogP contribution in [-0.4, -0.2) is 36.9 Å². The first-order valence-electron chi connectivity index (χ1n) is 10.1. The van der Waals surface area contributed by atoms with Gasteiger partial charge in [0.1, 0.15) is 5.54 Å². The van der Waals surface area contributed by atoms with Crippen molar-refractivity contribution in [3.63, 3.8) is 0 Å². The second-order valence-corrected chi connectivity index (χ2v) is 7.03. The molecule has 3 amide bonds. The summed E-state index contributed by atoms with van der Waals surface area (Å²) in [6, 6.07) is 14.0. The highest BCUT2D eigenvalue weighted by Crippen LogP contribution is 2.32. The molecule has 158 valence electrons. The SMILES string of the molecule is CCCCOc1ccc(/C=N\N2C(=O)N[C@](CC)(c3ccccc3)C2=O)cc1OC. The maximum Gasteiger partial charge on any atom is 0.346 e. The van der Waals surface area contributed by atoms with Gasteiger partial charge in [0, 0.05) is 0 Å². The van der Waals surface area contributed by atoms with Crippen LogP contribution in [0.2, 0.25) is 0 Å². The third-order valence-corrected chi connectivity index (χ3v) is 5.13. The zero-order valence-corrected chi connectivity index (χ0v) is 17.6. The van der Waals surface area contributed by atoms with Crippen molar-refractivity contribution in [2.75, 3.05) is 13.7 Å². The molecule has 3 rings (SSSR count). The third kappa shape index (κ3) is 4.15. The van der Waals surface area contributed by atoms with Gasteiger partial charge < -0.3 is 14.8 Å². The number of urea groups is 1. The first-order chi connectivity index (χ1) is 14.6. The standard InChI is InChI=1S/C23H27N3O4/c1-4-6-14-30-19-13-12-17(15-20(19)29-3)16-24-26-21(27)23(5-2,25-22(26)28)18-10-8-7-9-11-18/h7-13,15-16H,4-6,14H2,1-3H3,(H,25,28)/b24-16-/t23-/m1/s1. The Bertz CT molecular complexity index is 929. The van der Waals surface area contributed by atoms with Crippen LogP contribution in [0, 0.1) is 0 Å². The average Bonchev–Trinajstić information content (AvgIpc) is 3.03. The number of nitrogens with zero attached hydrogens (tertiary/aromatic N) is 2. The molecule has 0 aromatic heterocycles. The van der Waals surface area contributed by atoms with Gasteiger partial charge in [0.2, 0.25) is 0 Å². The van der Waals surface area contributed by atoms with Gasteiger partial charge in [-0.2, -0.15) is 5.10 Å². The Hall–Kier alpha value is -3.35. The second kappa shape index (κ2) is 9.43. The Labute approximate surface area is 176 Å². The monoisotopic (exact) mass is 409 g/mol. The molecule has 0 bridgehead atoms. The highest BCUT2D eigenvalue weighted by Gasteiger charge is 2.51. The molecule has 1 saturated heterocycles. The lowest BCUT2D eigenvalue weighted by molar-refractivity contribution is -0.131.